The van der Waals surface area contributed by atoms with Gasteiger partial charge in [-0.15, -0.1) is 0 Å². The van der Waals surface area contributed by atoms with Gasteiger partial charge in [-0.25, -0.2) is 4.98 Å². The lowest BCUT2D eigenvalue weighted by atomic mass is 10.6. The van der Waals surface area contributed by atoms with Crippen molar-refractivity contribution in [3.8, 4) is 6.01 Å². The highest BCUT2D eigenvalue weighted by Crippen LogP contribution is 2.18. The van der Waals surface area contributed by atoms with Crippen molar-refractivity contribution in [2.45, 2.75) is 12.8 Å². The Morgan fingerprint density at radius 2 is 2.73 bits per heavy atom. The van der Waals surface area contributed by atoms with Gasteiger partial charge in [0.2, 0.25) is 0 Å². The minimum atomic E-state index is -0.960. The Morgan fingerprint density at radius 3 is 3.36 bits per heavy atom. The Kier molecular flexibility index (Phi) is 1.09. The fourth-order valence-electron chi connectivity index (χ4n) is 0.989. The van der Waals surface area contributed by atoms with Crippen LogP contribution in [0.1, 0.15) is 0 Å². The van der Waals surface area contributed by atoms with Crippen molar-refractivity contribution in [1.82, 2.24) is 9.55 Å². The molecule has 1 aliphatic heterocycles. The van der Waals surface area contributed by atoms with E-state index in [0.29, 0.717) is 6.01 Å². The van der Waals surface area contributed by atoms with Crippen molar-refractivity contribution in [3.63, 3.8) is 0 Å². The number of hydrogen-bond acceptors (Lipinski definition) is 4. The van der Waals surface area contributed by atoms with Gasteiger partial charge in [-0.05, 0) is 0 Å². The number of imidazole rings is 1. The number of fused-ring (bicyclic) bond motifs is 1. The van der Waals surface area contributed by atoms with Crippen LogP contribution < -0.4 is 4.74 Å². The van der Waals surface area contributed by atoms with Crippen molar-refractivity contribution < 1.29 is 9.66 Å². The summed E-state index contributed by atoms with van der Waals surface area (Å²) in [6.45, 7) is 0.252. The standard InChI is InChI=1S/C5H5N3O3/c9-8(10)4-3-7-2-1-6-5(7)11-4/h1-2,4H,3H2. The third kappa shape index (κ3) is 0.830. The van der Waals surface area contributed by atoms with E-state index in [2.05, 4.69) is 4.98 Å². The summed E-state index contributed by atoms with van der Waals surface area (Å²) in [5.41, 5.74) is 0. The molecule has 6 nitrogen and oxygen atoms in total. The number of rotatable bonds is 1. The zero-order valence-corrected chi connectivity index (χ0v) is 5.51. The molecule has 0 aliphatic carbocycles. The summed E-state index contributed by atoms with van der Waals surface area (Å²) in [5.74, 6) is 0. The van der Waals surface area contributed by atoms with Crippen LogP contribution in [0.15, 0.2) is 12.4 Å². The number of nitrogens with zero attached hydrogens (tertiary/aromatic N) is 3. The van der Waals surface area contributed by atoms with Gasteiger partial charge in [-0.3, -0.25) is 14.7 Å². The average Bonchev–Trinajstić information content (AvgIpc) is 2.40. The molecular weight excluding hydrogens is 150 g/mol. The highest BCUT2D eigenvalue weighted by molar-refractivity contribution is 5.02. The normalized spacial score (nSPS) is 20.9. The topological polar surface area (TPSA) is 70.2 Å². The molecular formula is C5H5N3O3. The third-order valence-electron chi connectivity index (χ3n) is 1.51. The maximum Gasteiger partial charge on any atom is 0.374 e. The number of aromatic nitrogens is 2. The van der Waals surface area contributed by atoms with E-state index in [1.165, 1.54) is 0 Å². The molecule has 0 amide bonds. The van der Waals surface area contributed by atoms with Gasteiger partial charge >= 0.3 is 12.2 Å². The highest BCUT2D eigenvalue weighted by Gasteiger charge is 2.31. The molecule has 0 radical (unpaired) electrons. The van der Waals surface area contributed by atoms with Crippen molar-refractivity contribution in [1.29, 1.82) is 0 Å². The van der Waals surface area contributed by atoms with Gasteiger partial charge in [0.05, 0.1) is 4.92 Å². The first kappa shape index (κ1) is 6.14. The Balaban J connectivity index is 2.22. The molecule has 1 aromatic heterocycles. The van der Waals surface area contributed by atoms with Crippen LogP contribution in [-0.4, -0.2) is 20.7 Å². The number of hydrogen-bond donors (Lipinski definition) is 0. The first-order valence-corrected chi connectivity index (χ1v) is 3.08. The van der Waals surface area contributed by atoms with Gasteiger partial charge in [-0.2, -0.15) is 0 Å². The molecule has 1 aromatic rings. The van der Waals surface area contributed by atoms with Crippen LogP contribution in [0, 0.1) is 10.1 Å². The second-order valence-corrected chi connectivity index (χ2v) is 2.22. The highest BCUT2D eigenvalue weighted by atomic mass is 16.7. The first-order chi connectivity index (χ1) is 5.27. The molecule has 0 aromatic carbocycles. The maximum atomic E-state index is 10.2. The summed E-state index contributed by atoms with van der Waals surface area (Å²) >= 11 is 0. The molecule has 2 rings (SSSR count). The van der Waals surface area contributed by atoms with E-state index in [1.807, 2.05) is 0 Å². The molecule has 6 heteroatoms. The summed E-state index contributed by atoms with van der Waals surface area (Å²) in [7, 11) is 0. The minimum Gasteiger partial charge on any atom is -0.395 e. The van der Waals surface area contributed by atoms with Gasteiger partial charge < -0.3 is 4.74 Å². The van der Waals surface area contributed by atoms with Gasteiger partial charge in [0.1, 0.15) is 6.54 Å². The second kappa shape index (κ2) is 1.94. The number of ether oxygens (including phenoxy) is 1. The Bertz CT molecular complexity index is 274. The van der Waals surface area contributed by atoms with Crippen molar-refractivity contribution >= 4 is 0 Å². The molecule has 1 atom stereocenters. The van der Waals surface area contributed by atoms with Crippen molar-refractivity contribution in [2.24, 2.45) is 0 Å². The zero-order valence-electron chi connectivity index (χ0n) is 5.51. The summed E-state index contributed by atoms with van der Waals surface area (Å²) in [4.78, 5) is 13.5. The zero-order chi connectivity index (χ0) is 7.84. The van der Waals surface area contributed by atoms with Crippen LogP contribution in [0.5, 0.6) is 6.01 Å². The second-order valence-electron chi connectivity index (χ2n) is 2.22. The van der Waals surface area contributed by atoms with Crippen LogP contribution in [0.3, 0.4) is 0 Å². The van der Waals surface area contributed by atoms with E-state index < -0.39 is 11.2 Å². The lowest BCUT2D eigenvalue weighted by Gasteiger charge is -1.97. The predicted molar refractivity (Wildman–Crippen MR) is 33.6 cm³/mol. The van der Waals surface area contributed by atoms with Crippen LogP contribution in [0.4, 0.5) is 0 Å². The lowest BCUT2D eigenvalue weighted by molar-refractivity contribution is -0.560. The van der Waals surface area contributed by atoms with Gasteiger partial charge in [0, 0.05) is 12.4 Å². The van der Waals surface area contributed by atoms with Crippen LogP contribution in [-0.2, 0) is 6.54 Å². The lowest BCUT2D eigenvalue weighted by Crippen LogP contribution is -2.24. The van der Waals surface area contributed by atoms with E-state index >= 15 is 0 Å². The minimum absolute atomic E-state index is 0.252. The predicted octanol–water partition coefficient (Wildman–Crippen LogP) is -0.122. The van der Waals surface area contributed by atoms with Crippen LogP contribution in [0.25, 0.3) is 0 Å². The van der Waals surface area contributed by atoms with E-state index in [-0.39, 0.29) is 6.54 Å². The molecule has 0 saturated heterocycles. The third-order valence-corrected chi connectivity index (χ3v) is 1.51. The van der Waals surface area contributed by atoms with Crippen molar-refractivity contribution in [2.75, 3.05) is 0 Å². The van der Waals surface area contributed by atoms with Crippen molar-refractivity contribution in [3.05, 3.63) is 22.5 Å². The fourth-order valence-corrected chi connectivity index (χ4v) is 0.989. The smallest absolute Gasteiger partial charge is 0.374 e. The Hall–Kier alpha value is -1.59. The quantitative estimate of drug-likeness (QED) is 0.418. The molecule has 58 valence electrons. The Morgan fingerprint density at radius 1 is 1.91 bits per heavy atom. The number of nitro groups is 1. The van der Waals surface area contributed by atoms with Gasteiger partial charge in [-0.1, -0.05) is 0 Å². The van der Waals surface area contributed by atoms with E-state index in [9.17, 15) is 10.1 Å². The molecule has 0 spiro atoms. The molecule has 1 unspecified atom stereocenters. The Labute approximate surface area is 61.6 Å². The molecule has 11 heavy (non-hydrogen) atoms. The van der Waals surface area contributed by atoms with Crippen LogP contribution in [0.2, 0.25) is 0 Å². The molecule has 0 N–H and O–H groups in total. The largest absolute Gasteiger partial charge is 0.395 e. The van der Waals surface area contributed by atoms with E-state index in [4.69, 9.17) is 4.74 Å². The maximum absolute atomic E-state index is 10.2. The first-order valence-electron chi connectivity index (χ1n) is 3.08. The average molecular weight is 155 g/mol. The molecule has 0 bridgehead atoms. The van der Waals surface area contributed by atoms with E-state index in [0.717, 1.165) is 0 Å². The fraction of sp³-hybridized carbons (Fsp3) is 0.400. The van der Waals surface area contributed by atoms with E-state index in [1.54, 1.807) is 17.0 Å². The molecule has 0 fully saturated rings. The molecule has 1 aliphatic rings. The van der Waals surface area contributed by atoms with Gasteiger partial charge in [0.15, 0.2) is 0 Å². The molecule has 2 heterocycles. The van der Waals surface area contributed by atoms with Crippen LogP contribution >= 0.6 is 0 Å². The van der Waals surface area contributed by atoms with Gasteiger partial charge in [0.25, 0.3) is 0 Å². The summed E-state index contributed by atoms with van der Waals surface area (Å²) < 4.78 is 6.47. The monoisotopic (exact) mass is 155 g/mol. The SMILES string of the molecule is O=[N+]([O-])C1Cn2ccnc2O1. The molecule has 0 saturated carbocycles. The summed E-state index contributed by atoms with van der Waals surface area (Å²) in [6.07, 6.45) is 2.24. The summed E-state index contributed by atoms with van der Waals surface area (Å²) in [6, 6.07) is 0.326. The summed E-state index contributed by atoms with van der Waals surface area (Å²) in [5, 5.41) is 10.2.